The number of carbonyl (C=O) groups is 1. The Kier molecular flexibility index (Phi) is 11.5. The van der Waals surface area contributed by atoms with Gasteiger partial charge in [-0.05, 0) is 35.4 Å². The topological polar surface area (TPSA) is 109 Å². The summed E-state index contributed by atoms with van der Waals surface area (Å²) < 4.78 is 20.6. The fourth-order valence-electron chi connectivity index (χ4n) is 2.63. The van der Waals surface area contributed by atoms with Crippen LogP contribution in [0.2, 0.25) is 0 Å². The Morgan fingerprint density at radius 3 is 2.06 bits per heavy atom. The first-order valence-corrected chi connectivity index (χ1v) is 10.6. The summed E-state index contributed by atoms with van der Waals surface area (Å²) in [5, 5.41) is 6.29. The molecule has 9 nitrogen and oxygen atoms in total. The van der Waals surface area contributed by atoms with Crippen LogP contribution in [0, 0.1) is 12.3 Å². The van der Waals surface area contributed by atoms with Gasteiger partial charge in [0.05, 0.1) is 20.3 Å². The number of ether oxygens (including phenoxy) is 3. The molecule has 0 fully saturated rings. The van der Waals surface area contributed by atoms with Gasteiger partial charge in [0.15, 0.2) is 0 Å². The largest absolute Gasteiger partial charge is 1.00 e. The maximum absolute atomic E-state index is 12.2. The predicted molar refractivity (Wildman–Crippen MR) is 129 cm³/mol. The first-order chi connectivity index (χ1) is 16.8. The van der Waals surface area contributed by atoms with Gasteiger partial charge >= 0.3 is 57.4 Å². The minimum Gasteiger partial charge on any atom is -0.481 e. The Labute approximate surface area is 253 Å². The number of amides is 1. The first-order valence-electron chi connectivity index (χ1n) is 10.6. The summed E-state index contributed by atoms with van der Waals surface area (Å²) in [5.74, 6) is 1.78. The molecule has 0 aliphatic heterocycles. The maximum Gasteiger partial charge on any atom is 1.00 e. The van der Waals surface area contributed by atoms with Gasteiger partial charge in [-0.15, -0.1) is 18.3 Å². The SMILES string of the molecule is CC(C)(C)c1c[c-]no1.COc1cc(OC)nc(Oc2ccc(C(=O)Nc3cc[c-]cc3)cc2)n1.[K+]. The smallest absolute Gasteiger partial charge is 0.481 e. The molecule has 0 aliphatic carbocycles. The van der Waals surface area contributed by atoms with E-state index in [-0.39, 0.29) is 68.7 Å². The summed E-state index contributed by atoms with van der Waals surface area (Å²) in [4.78, 5) is 20.4. The molecule has 0 bridgehead atoms. The van der Waals surface area contributed by atoms with Crippen molar-refractivity contribution in [1.29, 1.82) is 0 Å². The van der Waals surface area contributed by atoms with Gasteiger partial charge in [0, 0.05) is 5.56 Å². The molecule has 0 spiro atoms. The molecule has 0 radical (unpaired) electrons. The van der Waals surface area contributed by atoms with Crippen molar-refractivity contribution in [2.45, 2.75) is 26.2 Å². The Balaban J connectivity index is 0.000000386. The average molecular weight is 514 g/mol. The molecule has 4 rings (SSSR count). The van der Waals surface area contributed by atoms with E-state index in [1.165, 1.54) is 14.2 Å². The van der Waals surface area contributed by atoms with Gasteiger partial charge in [-0.25, -0.2) is 5.16 Å². The van der Waals surface area contributed by atoms with E-state index in [0.29, 0.717) is 28.8 Å². The van der Waals surface area contributed by atoms with Crippen molar-refractivity contribution in [1.82, 2.24) is 15.1 Å². The number of methoxy groups -OCH3 is 2. The van der Waals surface area contributed by atoms with E-state index in [1.54, 1.807) is 60.7 Å². The van der Waals surface area contributed by atoms with Crippen molar-refractivity contribution >= 4 is 11.6 Å². The number of hydrogen-bond donors (Lipinski definition) is 1. The van der Waals surface area contributed by atoms with Gasteiger partial charge in [0.1, 0.15) is 5.75 Å². The Hall–Kier alpha value is -2.76. The number of hydrogen-bond acceptors (Lipinski definition) is 8. The standard InChI is InChI=1S/C19H16N3O4.C7H10NO.K/c1-24-16-12-17(25-2)22-19(21-16)26-15-10-8-13(9-11-15)18(23)20-14-6-4-3-5-7-14;1-7(2,3)6-4-5-8-9-6;/h4-12H,1-2H3,(H,20,23);4H,1-3H3;/q2*-1;+1. The number of rotatable bonds is 6. The van der Waals surface area contributed by atoms with E-state index in [9.17, 15) is 4.79 Å². The number of carbonyl (C=O) groups excluding carboxylic acids is 1. The zero-order valence-corrected chi connectivity index (χ0v) is 24.3. The van der Waals surface area contributed by atoms with E-state index in [2.05, 4.69) is 53.5 Å². The van der Waals surface area contributed by atoms with E-state index in [4.69, 9.17) is 18.7 Å². The summed E-state index contributed by atoms with van der Waals surface area (Å²) in [7, 11) is 2.98. The number of nitrogens with one attached hydrogen (secondary N) is 1. The summed E-state index contributed by atoms with van der Waals surface area (Å²) >= 11 is 0. The molecule has 1 amide bonds. The molecule has 1 N–H and O–H groups in total. The van der Waals surface area contributed by atoms with Crippen LogP contribution in [0.5, 0.6) is 23.5 Å². The minimum atomic E-state index is -0.220. The van der Waals surface area contributed by atoms with Crippen LogP contribution in [0.25, 0.3) is 0 Å². The molecular formula is C26H26KN4O5-. The fraction of sp³-hybridized carbons (Fsp3) is 0.231. The molecule has 182 valence electrons. The molecule has 36 heavy (non-hydrogen) atoms. The van der Waals surface area contributed by atoms with Crippen molar-refractivity contribution in [2.75, 3.05) is 19.5 Å². The third kappa shape index (κ3) is 9.03. The van der Waals surface area contributed by atoms with E-state index in [1.807, 2.05) is 0 Å². The zero-order valence-electron chi connectivity index (χ0n) is 21.2. The second-order valence-electron chi connectivity index (χ2n) is 8.17. The van der Waals surface area contributed by atoms with Crippen LogP contribution >= 0.6 is 0 Å². The molecule has 0 saturated carbocycles. The van der Waals surface area contributed by atoms with Gasteiger partial charge in [-0.3, -0.25) is 4.79 Å². The van der Waals surface area contributed by atoms with Gasteiger partial charge in [0.25, 0.3) is 5.91 Å². The zero-order chi connectivity index (χ0) is 25.3. The number of anilines is 1. The molecule has 2 heterocycles. The molecule has 2 aromatic carbocycles. The second kappa shape index (κ2) is 14.1. The summed E-state index contributed by atoms with van der Waals surface area (Å²) in [6, 6.07) is 19.9. The van der Waals surface area contributed by atoms with Crippen molar-refractivity contribution in [3.63, 3.8) is 0 Å². The molecule has 2 aromatic heterocycles. The third-order valence-electron chi connectivity index (χ3n) is 4.51. The van der Waals surface area contributed by atoms with Gasteiger partial charge in [0.2, 0.25) is 11.8 Å². The van der Waals surface area contributed by atoms with Crippen molar-refractivity contribution in [2.24, 2.45) is 0 Å². The van der Waals surface area contributed by atoms with Crippen LogP contribution in [0.15, 0.2) is 65.2 Å². The van der Waals surface area contributed by atoms with Crippen LogP contribution in [-0.4, -0.2) is 35.3 Å². The normalized spacial score (nSPS) is 10.2. The first kappa shape index (κ1) is 29.5. The molecule has 0 saturated heterocycles. The quantitative estimate of drug-likeness (QED) is 0.309. The van der Waals surface area contributed by atoms with E-state index in [0.717, 1.165) is 5.76 Å². The van der Waals surface area contributed by atoms with E-state index >= 15 is 0 Å². The predicted octanol–water partition coefficient (Wildman–Crippen LogP) is 2.11. The Bertz CT molecular complexity index is 1190. The Morgan fingerprint density at radius 1 is 0.972 bits per heavy atom. The summed E-state index contributed by atoms with van der Waals surface area (Å²) in [6.07, 6.45) is 2.62. The molecule has 0 aliphatic rings. The molecule has 10 heteroatoms. The molecule has 4 aromatic rings. The number of aromatic nitrogens is 3. The van der Waals surface area contributed by atoms with Crippen LogP contribution < -0.4 is 70.9 Å². The van der Waals surface area contributed by atoms with Crippen molar-refractivity contribution in [3.8, 4) is 23.5 Å². The molecular weight excluding hydrogens is 487 g/mol. The monoisotopic (exact) mass is 513 g/mol. The van der Waals surface area contributed by atoms with Crippen LogP contribution in [0.1, 0.15) is 36.9 Å². The minimum absolute atomic E-state index is 0. The van der Waals surface area contributed by atoms with Gasteiger partial charge in [-0.2, -0.15) is 34.2 Å². The number of nitrogens with zero attached hydrogens (tertiary/aromatic N) is 3. The van der Waals surface area contributed by atoms with E-state index < -0.39 is 0 Å². The molecule has 0 atom stereocenters. The Morgan fingerprint density at radius 2 is 1.58 bits per heavy atom. The summed E-state index contributed by atoms with van der Waals surface area (Å²) in [6.45, 7) is 6.21. The van der Waals surface area contributed by atoms with Gasteiger partial charge < -0.3 is 24.1 Å². The van der Waals surface area contributed by atoms with Crippen LogP contribution in [0.4, 0.5) is 5.69 Å². The average Bonchev–Trinajstić information content (AvgIpc) is 3.41. The van der Waals surface area contributed by atoms with Crippen molar-refractivity contribution in [3.05, 3.63) is 84.3 Å². The molecule has 0 unspecified atom stereocenters. The maximum atomic E-state index is 12.2. The number of benzene rings is 2. The fourth-order valence-corrected chi connectivity index (χ4v) is 2.63. The second-order valence-corrected chi connectivity index (χ2v) is 8.17. The van der Waals surface area contributed by atoms with Crippen molar-refractivity contribution < 1.29 is 74.9 Å². The third-order valence-corrected chi connectivity index (χ3v) is 4.51. The van der Waals surface area contributed by atoms with Crippen LogP contribution in [0.3, 0.4) is 0 Å². The van der Waals surface area contributed by atoms with Crippen LogP contribution in [-0.2, 0) is 5.41 Å². The van der Waals surface area contributed by atoms with Gasteiger partial charge in [-0.1, -0.05) is 26.5 Å². The summed E-state index contributed by atoms with van der Waals surface area (Å²) in [5.41, 5.74) is 1.26.